The van der Waals surface area contributed by atoms with Crippen molar-refractivity contribution in [1.29, 1.82) is 0 Å². The highest BCUT2D eigenvalue weighted by Gasteiger charge is 2.29. The third-order valence-electron chi connectivity index (χ3n) is 5.29. The SMILES string of the molecule is Fc1ccc2c(c1Cl)c(N1CCCCC1)c(-c1nn[nH]n1)n2-c1cccc(Cl)c1. The quantitative estimate of drug-likeness (QED) is 0.482. The second kappa shape index (κ2) is 7.31. The molecule has 0 radical (unpaired) electrons. The first-order chi connectivity index (χ1) is 14.1. The maximum absolute atomic E-state index is 14.5. The van der Waals surface area contributed by atoms with Crippen LogP contribution in [0.2, 0.25) is 10.0 Å². The molecule has 29 heavy (non-hydrogen) atoms. The Morgan fingerprint density at radius 2 is 1.86 bits per heavy atom. The maximum Gasteiger partial charge on any atom is 0.223 e. The molecular weight excluding hydrogens is 414 g/mol. The van der Waals surface area contributed by atoms with Crippen LogP contribution in [0.15, 0.2) is 36.4 Å². The minimum Gasteiger partial charge on any atom is -0.369 e. The Morgan fingerprint density at radius 1 is 1.03 bits per heavy atom. The van der Waals surface area contributed by atoms with Gasteiger partial charge in [0.1, 0.15) is 11.5 Å². The van der Waals surface area contributed by atoms with Crippen LogP contribution in [0.4, 0.5) is 10.1 Å². The number of nitrogens with one attached hydrogen (secondary N) is 1. The lowest BCUT2D eigenvalue weighted by Gasteiger charge is -2.29. The molecule has 1 fully saturated rings. The number of anilines is 1. The number of hydrogen-bond donors (Lipinski definition) is 1. The first-order valence-corrected chi connectivity index (χ1v) is 10.2. The van der Waals surface area contributed by atoms with Crippen molar-refractivity contribution in [2.24, 2.45) is 0 Å². The summed E-state index contributed by atoms with van der Waals surface area (Å²) in [6.07, 6.45) is 3.29. The normalized spacial score (nSPS) is 14.7. The summed E-state index contributed by atoms with van der Waals surface area (Å²) in [7, 11) is 0. The lowest BCUT2D eigenvalue weighted by atomic mass is 10.1. The number of H-pyrrole nitrogens is 1. The summed E-state index contributed by atoms with van der Waals surface area (Å²) in [6.45, 7) is 1.71. The van der Waals surface area contributed by atoms with Crippen molar-refractivity contribution in [3.8, 4) is 17.2 Å². The molecule has 6 nitrogen and oxygen atoms in total. The van der Waals surface area contributed by atoms with E-state index in [0.717, 1.165) is 42.8 Å². The van der Waals surface area contributed by atoms with E-state index >= 15 is 0 Å². The summed E-state index contributed by atoms with van der Waals surface area (Å²) in [6, 6.07) is 10.6. The van der Waals surface area contributed by atoms with Crippen molar-refractivity contribution in [2.75, 3.05) is 18.0 Å². The van der Waals surface area contributed by atoms with Crippen LogP contribution >= 0.6 is 23.2 Å². The smallest absolute Gasteiger partial charge is 0.223 e. The molecule has 4 aromatic rings. The average molecular weight is 431 g/mol. The van der Waals surface area contributed by atoms with E-state index in [1.165, 1.54) is 12.5 Å². The number of fused-ring (bicyclic) bond motifs is 1. The van der Waals surface area contributed by atoms with Crippen molar-refractivity contribution >= 4 is 39.8 Å². The molecule has 1 aliphatic heterocycles. The van der Waals surface area contributed by atoms with Crippen LogP contribution in [0, 0.1) is 5.82 Å². The Hall–Kier alpha value is -2.64. The highest BCUT2D eigenvalue weighted by molar-refractivity contribution is 6.37. The number of nitrogens with zero attached hydrogens (tertiary/aromatic N) is 5. The number of aromatic amines is 1. The van der Waals surface area contributed by atoms with Gasteiger partial charge in [0.2, 0.25) is 5.82 Å². The second-order valence-corrected chi connectivity index (χ2v) is 7.87. The topological polar surface area (TPSA) is 62.6 Å². The molecule has 0 atom stereocenters. The number of halogens is 3. The van der Waals surface area contributed by atoms with Gasteiger partial charge in [0.05, 0.1) is 16.2 Å². The van der Waals surface area contributed by atoms with Crippen molar-refractivity contribution in [1.82, 2.24) is 25.2 Å². The molecule has 5 rings (SSSR count). The number of hydrogen-bond acceptors (Lipinski definition) is 4. The average Bonchev–Trinajstić information content (AvgIpc) is 3.37. The Balaban J connectivity index is 1.93. The third kappa shape index (κ3) is 3.05. The van der Waals surface area contributed by atoms with E-state index in [9.17, 15) is 4.39 Å². The van der Waals surface area contributed by atoms with E-state index in [1.807, 2.05) is 28.8 Å². The lowest BCUT2D eigenvalue weighted by molar-refractivity contribution is 0.579. The molecule has 3 heterocycles. The van der Waals surface area contributed by atoms with E-state index in [-0.39, 0.29) is 5.02 Å². The van der Waals surface area contributed by atoms with Gasteiger partial charge in [-0.15, -0.1) is 10.2 Å². The number of aromatic nitrogens is 5. The van der Waals surface area contributed by atoms with E-state index in [4.69, 9.17) is 23.2 Å². The van der Waals surface area contributed by atoms with Crippen molar-refractivity contribution in [2.45, 2.75) is 19.3 Å². The zero-order valence-electron chi connectivity index (χ0n) is 15.4. The molecule has 0 spiro atoms. The van der Waals surface area contributed by atoms with Crippen molar-refractivity contribution < 1.29 is 4.39 Å². The van der Waals surface area contributed by atoms with Gasteiger partial charge in [-0.3, -0.25) is 0 Å². The molecule has 2 aromatic heterocycles. The molecule has 0 bridgehead atoms. The fourth-order valence-corrected chi connectivity index (χ4v) is 4.51. The van der Waals surface area contributed by atoms with Crippen molar-refractivity contribution in [3.63, 3.8) is 0 Å². The van der Waals surface area contributed by atoms with Gasteiger partial charge in [0.25, 0.3) is 0 Å². The summed E-state index contributed by atoms with van der Waals surface area (Å²) >= 11 is 12.8. The van der Waals surface area contributed by atoms with Crippen LogP contribution in [0.3, 0.4) is 0 Å². The van der Waals surface area contributed by atoms with Gasteiger partial charge in [-0.1, -0.05) is 29.3 Å². The van der Waals surface area contributed by atoms with Crippen molar-refractivity contribution in [3.05, 3.63) is 52.3 Å². The summed E-state index contributed by atoms with van der Waals surface area (Å²) < 4.78 is 16.5. The van der Waals surface area contributed by atoms with Crippen LogP contribution < -0.4 is 4.90 Å². The van der Waals surface area contributed by atoms with E-state index in [0.29, 0.717) is 21.9 Å². The van der Waals surface area contributed by atoms with Gasteiger partial charge in [0.15, 0.2) is 0 Å². The molecule has 1 saturated heterocycles. The van der Waals surface area contributed by atoms with Crippen LogP contribution in [-0.4, -0.2) is 38.3 Å². The van der Waals surface area contributed by atoms with Gasteiger partial charge in [0, 0.05) is 29.2 Å². The molecule has 0 saturated carbocycles. The third-order valence-corrected chi connectivity index (χ3v) is 5.90. The summed E-state index contributed by atoms with van der Waals surface area (Å²) in [4.78, 5) is 2.24. The maximum atomic E-state index is 14.5. The Morgan fingerprint density at radius 3 is 2.59 bits per heavy atom. The Bertz CT molecular complexity index is 1180. The molecule has 0 amide bonds. The molecular formula is C20H17Cl2FN6. The van der Waals surface area contributed by atoms with Gasteiger partial charge in [-0.25, -0.2) is 4.39 Å². The zero-order valence-corrected chi connectivity index (χ0v) is 16.9. The van der Waals surface area contributed by atoms with Gasteiger partial charge >= 0.3 is 0 Å². The molecule has 0 aliphatic carbocycles. The van der Waals surface area contributed by atoms with Gasteiger partial charge in [-0.2, -0.15) is 5.21 Å². The largest absolute Gasteiger partial charge is 0.369 e. The minimum absolute atomic E-state index is 0.0913. The number of piperidine rings is 1. The predicted molar refractivity (Wildman–Crippen MR) is 112 cm³/mol. The minimum atomic E-state index is -0.458. The lowest BCUT2D eigenvalue weighted by Crippen LogP contribution is -2.29. The molecule has 148 valence electrons. The number of benzene rings is 2. The highest BCUT2D eigenvalue weighted by Crippen LogP contribution is 2.45. The van der Waals surface area contributed by atoms with E-state index in [2.05, 4.69) is 25.5 Å². The second-order valence-electron chi connectivity index (χ2n) is 7.05. The van der Waals surface area contributed by atoms with Crippen LogP contribution in [0.5, 0.6) is 0 Å². The first-order valence-electron chi connectivity index (χ1n) is 9.42. The fourth-order valence-electron chi connectivity index (χ4n) is 4.07. The summed E-state index contributed by atoms with van der Waals surface area (Å²) in [5.41, 5.74) is 3.11. The Labute approximate surface area is 176 Å². The summed E-state index contributed by atoms with van der Waals surface area (Å²) in [5, 5.41) is 16.1. The zero-order chi connectivity index (χ0) is 20.0. The Kier molecular flexibility index (Phi) is 4.64. The first kappa shape index (κ1) is 18.4. The van der Waals surface area contributed by atoms with Crippen LogP contribution in [-0.2, 0) is 0 Å². The van der Waals surface area contributed by atoms with E-state index in [1.54, 1.807) is 6.07 Å². The summed E-state index contributed by atoms with van der Waals surface area (Å²) in [5.74, 6) is -0.0430. The number of tetrazole rings is 1. The number of rotatable bonds is 3. The molecule has 1 aliphatic rings. The van der Waals surface area contributed by atoms with E-state index < -0.39 is 5.82 Å². The monoisotopic (exact) mass is 430 g/mol. The molecule has 2 aromatic carbocycles. The van der Waals surface area contributed by atoms with Gasteiger partial charge in [-0.05, 0) is 54.8 Å². The molecule has 0 unspecified atom stereocenters. The van der Waals surface area contributed by atoms with Crippen LogP contribution in [0.25, 0.3) is 28.1 Å². The van der Waals surface area contributed by atoms with Crippen LogP contribution in [0.1, 0.15) is 19.3 Å². The van der Waals surface area contributed by atoms with Gasteiger partial charge < -0.3 is 9.47 Å². The highest BCUT2D eigenvalue weighted by atomic mass is 35.5. The fraction of sp³-hybridized carbons (Fsp3) is 0.250. The molecule has 9 heteroatoms. The molecule has 1 N–H and O–H groups in total. The standard InChI is InChI=1S/C20H17Cl2FN6/c21-12-5-4-6-13(11-12)29-15-8-7-14(23)17(22)16(15)18(28-9-2-1-3-10-28)19(29)20-24-26-27-25-20/h4-8,11H,1-3,9-10H2,(H,24,25,26,27). The predicted octanol–water partition coefficient (Wildman–Crippen LogP) is 5.25.